The summed E-state index contributed by atoms with van der Waals surface area (Å²) in [5, 5.41) is 3.54. The molecule has 3 aromatic carbocycles. The van der Waals surface area contributed by atoms with Crippen LogP contribution in [0.4, 0.5) is 15.8 Å². The van der Waals surface area contributed by atoms with E-state index in [4.69, 9.17) is 23.8 Å². The number of hydrogen-bond donors (Lipinski definition) is 1. The number of amides is 2. The lowest BCUT2D eigenvalue weighted by molar-refractivity contribution is -0.124. The van der Waals surface area contributed by atoms with Crippen molar-refractivity contribution in [3.05, 3.63) is 95.3 Å². The summed E-state index contributed by atoms with van der Waals surface area (Å²) >= 11 is 11.7. The molecule has 3 aromatic rings. The monoisotopic (exact) mass is 467 g/mol. The van der Waals surface area contributed by atoms with Gasteiger partial charge in [0, 0.05) is 17.3 Å². The zero-order valence-electron chi connectivity index (χ0n) is 16.9. The third-order valence-electron chi connectivity index (χ3n) is 5.09. The van der Waals surface area contributed by atoms with Gasteiger partial charge in [-0.2, -0.15) is 0 Å². The van der Waals surface area contributed by atoms with Crippen LogP contribution in [-0.4, -0.2) is 27.9 Å². The van der Waals surface area contributed by atoms with Gasteiger partial charge in [-0.25, -0.2) is 4.39 Å². The van der Waals surface area contributed by atoms with Crippen LogP contribution in [0.1, 0.15) is 12.0 Å². The van der Waals surface area contributed by atoms with Gasteiger partial charge in [-0.3, -0.25) is 14.5 Å². The number of anilines is 2. The average Bonchev–Trinajstić information content (AvgIpc) is 3.00. The van der Waals surface area contributed by atoms with E-state index in [0.717, 1.165) is 5.56 Å². The number of nitrogens with zero attached hydrogens (tertiary/aromatic N) is 2. The van der Waals surface area contributed by atoms with E-state index < -0.39 is 6.04 Å². The molecule has 1 saturated heterocycles. The number of carbonyl (C=O) groups excluding carboxylic acids is 2. The van der Waals surface area contributed by atoms with Gasteiger partial charge in [0.05, 0.1) is 12.1 Å². The summed E-state index contributed by atoms with van der Waals surface area (Å²) in [5.41, 5.74) is 1.94. The quantitative estimate of drug-likeness (QED) is 0.518. The molecule has 5 nitrogen and oxygen atoms in total. The van der Waals surface area contributed by atoms with Crippen molar-refractivity contribution in [2.75, 3.05) is 10.2 Å². The Bertz CT molecular complexity index is 1160. The number of rotatable bonds is 6. The van der Waals surface area contributed by atoms with Crippen LogP contribution in [0.25, 0.3) is 0 Å². The van der Waals surface area contributed by atoms with Gasteiger partial charge < -0.3 is 10.2 Å². The Morgan fingerprint density at radius 1 is 1.03 bits per heavy atom. The molecule has 0 aromatic heterocycles. The van der Waals surface area contributed by atoms with Gasteiger partial charge in [0.15, 0.2) is 5.11 Å². The highest BCUT2D eigenvalue weighted by molar-refractivity contribution is 7.80. The van der Waals surface area contributed by atoms with Crippen LogP contribution in [-0.2, 0) is 16.1 Å². The lowest BCUT2D eigenvalue weighted by Gasteiger charge is -2.24. The third kappa shape index (κ3) is 4.79. The summed E-state index contributed by atoms with van der Waals surface area (Å²) in [5.74, 6) is -0.981. The lowest BCUT2D eigenvalue weighted by Crippen LogP contribution is -2.37. The number of hydrogen-bond acceptors (Lipinski definition) is 3. The molecule has 1 aliphatic heterocycles. The molecule has 162 valence electrons. The fourth-order valence-electron chi connectivity index (χ4n) is 3.56. The first kappa shape index (κ1) is 21.9. The Balaban J connectivity index is 1.61. The van der Waals surface area contributed by atoms with Crippen LogP contribution < -0.4 is 10.2 Å². The second kappa shape index (κ2) is 9.46. The maximum atomic E-state index is 13.4. The van der Waals surface area contributed by atoms with Gasteiger partial charge in [-0.05, 0) is 60.2 Å². The Morgan fingerprint density at radius 2 is 1.75 bits per heavy atom. The molecule has 0 aliphatic carbocycles. The minimum Gasteiger partial charge on any atom is -0.332 e. The van der Waals surface area contributed by atoms with Crippen molar-refractivity contribution in [2.24, 2.45) is 0 Å². The van der Waals surface area contributed by atoms with E-state index in [1.165, 1.54) is 17.0 Å². The number of benzene rings is 3. The van der Waals surface area contributed by atoms with Gasteiger partial charge in [-0.1, -0.05) is 48.0 Å². The summed E-state index contributed by atoms with van der Waals surface area (Å²) < 4.78 is 13.3. The Kier molecular flexibility index (Phi) is 6.48. The van der Waals surface area contributed by atoms with Crippen molar-refractivity contribution in [3.63, 3.8) is 0 Å². The average molecular weight is 468 g/mol. The van der Waals surface area contributed by atoms with Gasteiger partial charge in [0.25, 0.3) is 5.91 Å². The maximum absolute atomic E-state index is 13.4. The molecule has 4 rings (SSSR count). The summed E-state index contributed by atoms with van der Waals surface area (Å²) in [6.45, 7) is 0.255. The van der Waals surface area contributed by atoms with E-state index in [1.54, 1.807) is 53.4 Å². The minimum atomic E-state index is -0.810. The zero-order chi connectivity index (χ0) is 22.7. The third-order valence-corrected chi connectivity index (χ3v) is 5.74. The van der Waals surface area contributed by atoms with Gasteiger partial charge in [-0.15, -0.1) is 0 Å². The van der Waals surface area contributed by atoms with Crippen LogP contribution in [0.5, 0.6) is 0 Å². The second-order valence-corrected chi connectivity index (χ2v) is 8.13. The molecule has 1 aliphatic rings. The number of para-hydroxylation sites is 1. The van der Waals surface area contributed by atoms with E-state index in [0.29, 0.717) is 16.4 Å². The van der Waals surface area contributed by atoms with Crippen LogP contribution in [0.15, 0.2) is 78.9 Å². The summed E-state index contributed by atoms with van der Waals surface area (Å²) in [6.07, 6.45) is -0.0911. The minimum absolute atomic E-state index is 0.0911. The topological polar surface area (TPSA) is 52.7 Å². The number of thiocarbonyl (C=S) groups is 1. The van der Waals surface area contributed by atoms with Crippen molar-refractivity contribution < 1.29 is 14.0 Å². The summed E-state index contributed by atoms with van der Waals surface area (Å²) in [4.78, 5) is 29.2. The lowest BCUT2D eigenvalue weighted by atomic mass is 10.1. The highest BCUT2D eigenvalue weighted by atomic mass is 35.5. The van der Waals surface area contributed by atoms with Crippen molar-refractivity contribution in [1.82, 2.24) is 4.90 Å². The predicted octanol–water partition coefficient (Wildman–Crippen LogP) is 5.01. The van der Waals surface area contributed by atoms with Crippen LogP contribution in [0.2, 0.25) is 5.02 Å². The first-order valence-electron chi connectivity index (χ1n) is 9.92. The Morgan fingerprint density at radius 3 is 2.44 bits per heavy atom. The van der Waals surface area contributed by atoms with E-state index >= 15 is 0 Å². The molecule has 0 radical (unpaired) electrons. The Labute approximate surface area is 195 Å². The Hall–Kier alpha value is -3.29. The van der Waals surface area contributed by atoms with E-state index in [2.05, 4.69) is 5.32 Å². The van der Waals surface area contributed by atoms with Crippen LogP contribution in [0, 0.1) is 5.82 Å². The van der Waals surface area contributed by atoms with Crippen LogP contribution >= 0.6 is 23.8 Å². The standard InChI is InChI=1S/C24H19ClFN3O2S/c25-17-5-4-8-20(13-17)29-23(31)21(14-22(30)27-19-6-2-1-3-7-19)28(24(29)32)15-16-9-11-18(26)12-10-16/h1-13,21H,14-15H2,(H,27,30). The van der Waals surface area contributed by atoms with Crippen LogP contribution in [0.3, 0.4) is 0 Å². The van der Waals surface area contributed by atoms with Gasteiger partial charge in [0.1, 0.15) is 11.9 Å². The van der Waals surface area contributed by atoms with E-state index in [-0.39, 0.29) is 35.7 Å². The molecule has 8 heteroatoms. The second-order valence-electron chi connectivity index (χ2n) is 7.32. The fraction of sp³-hybridized carbons (Fsp3) is 0.125. The van der Waals surface area contributed by atoms with Crippen molar-refractivity contribution >= 4 is 52.1 Å². The smallest absolute Gasteiger partial charge is 0.256 e. The van der Waals surface area contributed by atoms with Gasteiger partial charge >= 0.3 is 0 Å². The highest BCUT2D eigenvalue weighted by Crippen LogP contribution is 2.30. The first-order valence-corrected chi connectivity index (χ1v) is 10.7. The predicted molar refractivity (Wildman–Crippen MR) is 127 cm³/mol. The molecule has 0 spiro atoms. The molecule has 1 unspecified atom stereocenters. The van der Waals surface area contributed by atoms with Crippen molar-refractivity contribution in [3.8, 4) is 0 Å². The number of carbonyl (C=O) groups is 2. The molecule has 0 saturated carbocycles. The first-order chi connectivity index (χ1) is 15.4. The molecule has 2 amide bonds. The normalized spacial score (nSPS) is 15.9. The SMILES string of the molecule is O=C(CC1C(=O)N(c2cccc(Cl)c2)C(=S)N1Cc1ccc(F)cc1)Nc1ccccc1. The molecular formula is C24H19ClFN3O2S. The molecule has 1 N–H and O–H groups in total. The molecule has 1 fully saturated rings. The number of nitrogens with one attached hydrogen (secondary N) is 1. The highest BCUT2D eigenvalue weighted by Gasteiger charge is 2.44. The van der Waals surface area contributed by atoms with E-state index in [9.17, 15) is 14.0 Å². The maximum Gasteiger partial charge on any atom is 0.256 e. The van der Waals surface area contributed by atoms with Gasteiger partial charge in [0.2, 0.25) is 5.91 Å². The molecule has 0 bridgehead atoms. The molecular weight excluding hydrogens is 449 g/mol. The van der Waals surface area contributed by atoms with Crippen molar-refractivity contribution in [2.45, 2.75) is 19.0 Å². The summed E-state index contributed by atoms with van der Waals surface area (Å²) in [6, 6.07) is 21.0. The zero-order valence-corrected chi connectivity index (χ0v) is 18.4. The fourth-order valence-corrected chi connectivity index (χ4v) is 4.13. The number of halogens is 2. The van der Waals surface area contributed by atoms with Crippen molar-refractivity contribution in [1.29, 1.82) is 0 Å². The molecule has 1 heterocycles. The van der Waals surface area contributed by atoms with E-state index in [1.807, 2.05) is 18.2 Å². The summed E-state index contributed by atoms with van der Waals surface area (Å²) in [7, 11) is 0. The molecule has 32 heavy (non-hydrogen) atoms. The molecule has 1 atom stereocenters. The largest absolute Gasteiger partial charge is 0.332 e.